The minimum Gasteiger partial charge on any atom is -0.389 e. The third kappa shape index (κ3) is 5.01. The van der Waals surface area contributed by atoms with Crippen LogP contribution in [0.5, 0.6) is 0 Å². The van der Waals surface area contributed by atoms with Crippen LogP contribution in [0.4, 0.5) is 9.93 Å². The number of thiazole rings is 1. The van der Waals surface area contributed by atoms with Crippen molar-refractivity contribution in [3.8, 4) is 0 Å². The standard InChI is InChI=1S/C12H21N3O2S/c1-5-6-9-7-13-10(18-9)14-11(16)15(4)8-12(2,3)17/h7,17H,5-6,8H2,1-4H3,(H,13,14,16). The van der Waals surface area contributed by atoms with Crippen molar-refractivity contribution in [2.45, 2.75) is 39.2 Å². The molecule has 0 bridgehead atoms. The lowest BCUT2D eigenvalue weighted by Gasteiger charge is -2.25. The number of urea groups is 1. The van der Waals surface area contributed by atoms with Gasteiger partial charge in [-0.25, -0.2) is 9.78 Å². The van der Waals surface area contributed by atoms with Crippen molar-refractivity contribution in [1.82, 2.24) is 9.88 Å². The van der Waals surface area contributed by atoms with E-state index in [9.17, 15) is 9.90 Å². The minimum atomic E-state index is -0.900. The van der Waals surface area contributed by atoms with Gasteiger partial charge in [-0.05, 0) is 20.3 Å². The lowest BCUT2D eigenvalue weighted by atomic mass is 10.1. The van der Waals surface area contributed by atoms with Crippen molar-refractivity contribution in [1.29, 1.82) is 0 Å². The molecule has 0 aromatic carbocycles. The largest absolute Gasteiger partial charge is 0.389 e. The Balaban J connectivity index is 2.53. The summed E-state index contributed by atoms with van der Waals surface area (Å²) < 4.78 is 0. The van der Waals surface area contributed by atoms with Gasteiger partial charge in [0.25, 0.3) is 0 Å². The number of likely N-dealkylation sites (N-methyl/N-ethyl adjacent to an activating group) is 1. The molecule has 0 aliphatic rings. The van der Waals surface area contributed by atoms with Crippen LogP contribution in [0.25, 0.3) is 0 Å². The van der Waals surface area contributed by atoms with Crippen LogP contribution in [0.3, 0.4) is 0 Å². The quantitative estimate of drug-likeness (QED) is 0.864. The van der Waals surface area contributed by atoms with Crippen molar-refractivity contribution in [2.75, 3.05) is 18.9 Å². The van der Waals surface area contributed by atoms with E-state index in [0.717, 1.165) is 17.7 Å². The highest BCUT2D eigenvalue weighted by molar-refractivity contribution is 7.15. The number of aryl methyl sites for hydroxylation is 1. The SMILES string of the molecule is CCCc1cnc(NC(=O)N(C)CC(C)(C)O)s1. The van der Waals surface area contributed by atoms with Gasteiger partial charge in [-0.15, -0.1) is 11.3 Å². The molecule has 102 valence electrons. The average molecular weight is 271 g/mol. The number of nitrogens with zero attached hydrogens (tertiary/aromatic N) is 2. The summed E-state index contributed by atoms with van der Waals surface area (Å²) in [6.45, 7) is 5.71. The van der Waals surface area contributed by atoms with Crippen molar-refractivity contribution in [3.63, 3.8) is 0 Å². The van der Waals surface area contributed by atoms with E-state index in [4.69, 9.17) is 0 Å². The number of hydrogen-bond acceptors (Lipinski definition) is 4. The predicted molar refractivity (Wildman–Crippen MR) is 74.1 cm³/mol. The van der Waals surface area contributed by atoms with Crippen LogP contribution in [0.15, 0.2) is 6.20 Å². The summed E-state index contributed by atoms with van der Waals surface area (Å²) in [5.41, 5.74) is -0.900. The molecule has 0 saturated heterocycles. The lowest BCUT2D eigenvalue weighted by molar-refractivity contribution is 0.0550. The number of rotatable bonds is 5. The molecule has 0 saturated carbocycles. The zero-order valence-corrected chi connectivity index (χ0v) is 12.2. The molecule has 1 rings (SSSR count). The Morgan fingerprint density at radius 3 is 2.83 bits per heavy atom. The van der Waals surface area contributed by atoms with Gasteiger partial charge in [0.15, 0.2) is 5.13 Å². The predicted octanol–water partition coefficient (Wildman–Crippen LogP) is 2.33. The molecule has 0 aliphatic carbocycles. The first-order chi connectivity index (χ1) is 8.31. The summed E-state index contributed by atoms with van der Waals surface area (Å²) in [5.74, 6) is 0. The summed E-state index contributed by atoms with van der Waals surface area (Å²) in [6, 6.07) is -0.255. The fourth-order valence-corrected chi connectivity index (χ4v) is 2.47. The van der Waals surface area contributed by atoms with Crippen LogP contribution < -0.4 is 5.32 Å². The molecule has 2 amide bonds. The minimum absolute atomic E-state index is 0.255. The molecule has 0 atom stereocenters. The number of carbonyl (C=O) groups is 1. The van der Waals surface area contributed by atoms with Crippen LogP contribution in [0, 0.1) is 0 Å². The van der Waals surface area contributed by atoms with Crippen LogP contribution in [-0.4, -0.2) is 40.2 Å². The molecule has 0 radical (unpaired) electrons. The zero-order valence-electron chi connectivity index (χ0n) is 11.4. The van der Waals surface area contributed by atoms with Gasteiger partial charge in [0, 0.05) is 18.1 Å². The van der Waals surface area contributed by atoms with E-state index in [1.807, 2.05) is 0 Å². The third-order valence-electron chi connectivity index (χ3n) is 2.23. The van der Waals surface area contributed by atoms with Gasteiger partial charge in [0.05, 0.1) is 12.1 Å². The molecule has 6 heteroatoms. The van der Waals surface area contributed by atoms with Crippen LogP contribution in [-0.2, 0) is 6.42 Å². The van der Waals surface area contributed by atoms with Crippen LogP contribution in [0.1, 0.15) is 32.1 Å². The highest BCUT2D eigenvalue weighted by Gasteiger charge is 2.19. The Labute approximate surface area is 112 Å². The Bertz CT molecular complexity index is 398. The summed E-state index contributed by atoms with van der Waals surface area (Å²) in [6.07, 6.45) is 3.83. The first-order valence-corrected chi connectivity index (χ1v) is 6.82. The van der Waals surface area contributed by atoms with E-state index in [1.54, 1.807) is 27.1 Å². The maximum atomic E-state index is 11.8. The molecular weight excluding hydrogens is 250 g/mol. The molecule has 0 spiro atoms. The lowest BCUT2D eigenvalue weighted by Crippen LogP contribution is -2.41. The number of amides is 2. The molecule has 0 unspecified atom stereocenters. The smallest absolute Gasteiger partial charge is 0.323 e. The van der Waals surface area contributed by atoms with Gasteiger partial charge < -0.3 is 10.0 Å². The fraction of sp³-hybridized carbons (Fsp3) is 0.667. The number of carbonyl (C=O) groups excluding carboxylic acids is 1. The molecule has 2 N–H and O–H groups in total. The molecule has 0 aliphatic heterocycles. The first kappa shape index (κ1) is 14.9. The van der Waals surface area contributed by atoms with Gasteiger partial charge in [-0.3, -0.25) is 5.32 Å². The topological polar surface area (TPSA) is 65.5 Å². The van der Waals surface area contributed by atoms with Gasteiger partial charge in [0.1, 0.15) is 0 Å². The average Bonchev–Trinajstić information content (AvgIpc) is 2.63. The van der Waals surface area contributed by atoms with Crippen LogP contribution >= 0.6 is 11.3 Å². The second kappa shape index (κ2) is 6.15. The van der Waals surface area contributed by atoms with E-state index in [-0.39, 0.29) is 12.6 Å². The van der Waals surface area contributed by atoms with Gasteiger partial charge in [0.2, 0.25) is 0 Å². The first-order valence-electron chi connectivity index (χ1n) is 6.01. The molecule has 18 heavy (non-hydrogen) atoms. The van der Waals surface area contributed by atoms with Gasteiger partial charge in [-0.2, -0.15) is 0 Å². The molecule has 1 aromatic rings. The molecule has 1 heterocycles. The van der Waals surface area contributed by atoms with Crippen molar-refractivity contribution in [3.05, 3.63) is 11.1 Å². The Hall–Kier alpha value is -1.14. The maximum absolute atomic E-state index is 11.8. The molecule has 1 aromatic heterocycles. The summed E-state index contributed by atoms with van der Waals surface area (Å²) in [5, 5.41) is 13.0. The van der Waals surface area contributed by atoms with Crippen molar-refractivity contribution >= 4 is 22.5 Å². The Morgan fingerprint density at radius 2 is 2.28 bits per heavy atom. The zero-order chi connectivity index (χ0) is 13.8. The van der Waals surface area contributed by atoms with Crippen LogP contribution in [0.2, 0.25) is 0 Å². The number of anilines is 1. The van der Waals surface area contributed by atoms with Crippen molar-refractivity contribution in [2.24, 2.45) is 0 Å². The highest BCUT2D eigenvalue weighted by atomic mass is 32.1. The molecular formula is C12H21N3O2S. The van der Waals surface area contributed by atoms with E-state index in [0.29, 0.717) is 5.13 Å². The van der Waals surface area contributed by atoms with Crippen molar-refractivity contribution < 1.29 is 9.90 Å². The molecule has 0 fully saturated rings. The number of aromatic nitrogens is 1. The van der Waals surface area contributed by atoms with E-state index < -0.39 is 5.60 Å². The van der Waals surface area contributed by atoms with E-state index in [1.165, 1.54) is 16.2 Å². The van der Waals surface area contributed by atoms with E-state index in [2.05, 4.69) is 17.2 Å². The number of hydrogen-bond donors (Lipinski definition) is 2. The number of nitrogens with one attached hydrogen (secondary N) is 1. The third-order valence-corrected chi connectivity index (χ3v) is 3.21. The Morgan fingerprint density at radius 1 is 1.61 bits per heavy atom. The second-order valence-corrected chi connectivity index (χ2v) is 6.10. The summed E-state index contributed by atoms with van der Waals surface area (Å²) in [7, 11) is 1.65. The summed E-state index contributed by atoms with van der Waals surface area (Å²) >= 11 is 1.49. The highest BCUT2D eigenvalue weighted by Crippen LogP contribution is 2.19. The van der Waals surface area contributed by atoms with Gasteiger partial charge >= 0.3 is 6.03 Å². The monoisotopic (exact) mass is 271 g/mol. The normalized spacial score (nSPS) is 11.4. The summed E-state index contributed by atoms with van der Waals surface area (Å²) in [4.78, 5) is 18.6. The second-order valence-electron chi connectivity index (χ2n) is 4.98. The van der Waals surface area contributed by atoms with E-state index >= 15 is 0 Å². The Kier molecular flexibility index (Phi) is 5.10. The molecule has 5 nitrogen and oxygen atoms in total. The maximum Gasteiger partial charge on any atom is 0.323 e. The number of aliphatic hydroxyl groups is 1. The fourth-order valence-electron chi connectivity index (χ4n) is 1.57. The van der Waals surface area contributed by atoms with Gasteiger partial charge in [-0.1, -0.05) is 13.3 Å².